The number of thiazole rings is 2. The lowest BCUT2D eigenvalue weighted by Gasteiger charge is -1.96. The van der Waals surface area contributed by atoms with Gasteiger partial charge in [-0.15, -0.1) is 22.7 Å². The molecule has 2 N–H and O–H groups in total. The number of aryl methyl sites for hydroxylation is 1. The molecule has 0 amide bonds. The highest BCUT2D eigenvalue weighted by molar-refractivity contribution is 7.11. The van der Waals surface area contributed by atoms with Gasteiger partial charge in [-0.05, 0) is 13.8 Å². The molecular formula is C10H13N3S2. The van der Waals surface area contributed by atoms with Crippen LogP contribution in [0, 0.1) is 6.92 Å². The predicted octanol–water partition coefficient (Wildman–Crippen LogP) is 2.52. The molecule has 2 aromatic rings. The number of nitrogens with two attached hydrogens (primary N) is 1. The van der Waals surface area contributed by atoms with Crippen molar-refractivity contribution in [3.63, 3.8) is 0 Å². The van der Waals surface area contributed by atoms with Crippen molar-refractivity contribution in [1.82, 2.24) is 9.97 Å². The van der Waals surface area contributed by atoms with Gasteiger partial charge in [-0.1, -0.05) is 0 Å². The lowest BCUT2D eigenvalue weighted by molar-refractivity contribution is 0.835. The number of hydrogen-bond acceptors (Lipinski definition) is 5. The highest BCUT2D eigenvalue weighted by Gasteiger charge is 2.07. The molecule has 5 heteroatoms. The highest BCUT2D eigenvalue weighted by Crippen LogP contribution is 2.21. The van der Waals surface area contributed by atoms with Crippen molar-refractivity contribution in [2.24, 2.45) is 5.73 Å². The van der Waals surface area contributed by atoms with Gasteiger partial charge in [0.2, 0.25) is 0 Å². The Morgan fingerprint density at radius 3 is 2.87 bits per heavy atom. The summed E-state index contributed by atoms with van der Waals surface area (Å²) in [6.45, 7) is 3.99. The van der Waals surface area contributed by atoms with Crippen LogP contribution in [0.3, 0.4) is 0 Å². The average Bonchev–Trinajstić information content (AvgIpc) is 2.76. The molecule has 0 aliphatic heterocycles. The largest absolute Gasteiger partial charge is 0.323 e. The van der Waals surface area contributed by atoms with Crippen molar-refractivity contribution >= 4 is 22.7 Å². The summed E-state index contributed by atoms with van der Waals surface area (Å²) in [5.74, 6) is 0. The second-order valence-corrected chi connectivity index (χ2v) is 5.69. The molecule has 0 aromatic carbocycles. The van der Waals surface area contributed by atoms with E-state index in [0.717, 1.165) is 27.0 Å². The fourth-order valence-electron chi connectivity index (χ4n) is 1.26. The Hall–Kier alpha value is -0.780. The third-order valence-electron chi connectivity index (χ3n) is 2.02. The van der Waals surface area contributed by atoms with Crippen molar-refractivity contribution in [2.45, 2.75) is 26.3 Å². The Balaban J connectivity index is 2.11. The number of nitrogens with zero attached hydrogens (tertiary/aromatic N) is 2. The second kappa shape index (κ2) is 4.38. The van der Waals surface area contributed by atoms with Crippen LogP contribution in [0.15, 0.2) is 11.6 Å². The zero-order valence-corrected chi connectivity index (χ0v) is 10.4. The van der Waals surface area contributed by atoms with E-state index in [2.05, 4.69) is 15.3 Å². The Bertz CT molecular complexity index is 445. The maximum atomic E-state index is 5.78. The first-order valence-electron chi connectivity index (χ1n) is 4.76. The molecule has 15 heavy (non-hydrogen) atoms. The predicted molar refractivity (Wildman–Crippen MR) is 64.4 cm³/mol. The van der Waals surface area contributed by atoms with Crippen LogP contribution in [-0.4, -0.2) is 9.97 Å². The Kier molecular flexibility index (Phi) is 3.14. The standard InChI is InChI=1S/C10H13N3S2/c1-6(11)9-4-12-10(15-9)3-8-5-14-7(2)13-8/h4-6H,3,11H2,1-2H3. The van der Waals surface area contributed by atoms with E-state index in [1.807, 2.05) is 20.0 Å². The highest BCUT2D eigenvalue weighted by atomic mass is 32.1. The minimum atomic E-state index is 0.0772. The summed E-state index contributed by atoms with van der Waals surface area (Å²) in [5.41, 5.74) is 6.88. The molecule has 0 spiro atoms. The van der Waals surface area contributed by atoms with Crippen LogP contribution < -0.4 is 5.73 Å². The minimum Gasteiger partial charge on any atom is -0.323 e. The van der Waals surface area contributed by atoms with E-state index < -0.39 is 0 Å². The fraction of sp³-hybridized carbons (Fsp3) is 0.400. The number of rotatable bonds is 3. The van der Waals surface area contributed by atoms with Crippen molar-refractivity contribution in [3.05, 3.63) is 32.2 Å². The summed E-state index contributed by atoms with van der Waals surface area (Å²) in [5, 5.41) is 4.28. The second-order valence-electron chi connectivity index (χ2n) is 3.48. The van der Waals surface area contributed by atoms with Gasteiger partial charge >= 0.3 is 0 Å². The van der Waals surface area contributed by atoms with E-state index in [9.17, 15) is 0 Å². The van der Waals surface area contributed by atoms with E-state index in [1.165, 1.54) is 0 Å². The van der Waals surface area contributed by atoms with Crippen LogP contribution in [-0.2, 0) is 6.42 Å². The SMILES string of the molecule is Cc1nc(Cc2ncc(C(C)N)s2)cs1. The molecule has 0 saturated heterocycles. The lowest BCUT2D eigenvalue weighted by Crippen LogP contribution is -2.01. The Labute approximate surface area is 97.0 Å². The molecular weight excluding hydrogens is 226 g/mol. The van der Waals surface area contributed by atoms with Crippen LogP contribution in [0.25, 0.3) is 0 Å². The van der Waals surface area contributed by atoms with Gasteiger partial charge in [0.05, 0.1) is 15.7 Å². The number of aromatic nitrogens is 2. The van der Waals surface area contributed by atoms with Crippen molar-refractivity contribution in [2.75, 3.05) is 0 Å². The van der Waals surface area contributed by atoms with Crippen LogP contribution in [0.2, 0.25) is 0 Å². The van der Waals surface area contributed by atoms with E-state index >= 15 is 0 Å². The normalized spacial score (nSPS) is 13.0. The van der Waals surface area contributed by atoms with Crippen LogP contribution in [0.4, 0.5) is 0 Å². The Morgan fingerprint density at radius 1 is 1.53 bits per heavy atom. The van der Waals surface area contributed by atoms with Gasteiger partial charge < -0.3 is 5.73 Å². The van der Waals surface area contributed by atoms with Crippen LogP contribution in [0.5, 0.6) is 0 Å². The molecule has 0 aliphatic carbocycles. The van der Waals surface area contributed by atoms with Gasteiger partial charge in [0.1, 0.15) is 0 Å². The van der Waals surface area contributed by atoms with Gasteiger partial charge in [-0.3, -0.25) is 0 Å². The lowest BCUT2D eigenvalue weighted by atomic mass is 10.3. The van der Waals surface area contributed by atoms with Crippen molar-refractivity contribution in [3.8, 4) is 0 Å². The molecule has 0 radical (unpaired) electrons. The minimum absolute atomic E-state index is 0.0772. The molecule has 2 aromatic heterocycles. The summed E-state index contributed by atoms with van der Waals surface area (Å²) >= 11 is 3.35. The van der Waals surface area contributed by atoms with E-state index in [0.29, 0.717) is 0 Å². The summed E-state index contributed by atoms with van der Waals surface area (Å²) in [6, 6.07) is 0.0772. The average molecular weight is 239 g/mol. The smallest absolute Gasteiger partial charge is 0.0988 e. The molecule has 3 nitrogen and oxygen atoms in total. The third kappa shape index (κ3) is 2.62. The fourth-order valence-corrected chi connectivity index (χ4v) is 2.76. The zero-order valence-electron chi connectivity index (χ0n) is 8.73. The van der Waals surface area contributed by atoms with E-state index in [4.69, 9.17) is 5.73 Å². The monoisotopic (exact) mass is 239 g/mol. The Morgan fingerprint density at radius 2 is 2.33 bits per heavy atom. The quantitative estimate of drug-likeness (QED) is 0.895. The summed E-state index contributed by atoms with van der Waals surface area (Å²) in [6.07, 6.45) is 2.69. The summed E-state index contributed by atoms with van der Waals surface area (Å²) in [7, 11) is 0. The maximum Gasteiger partial charge on any atom is 0.0988 e. The van der Waals surface area contributed by atoms with Gasteiger partial charge in [-0.25, -0.2) is 9.97 Å². The third-order valence-corrected chi connectivity index (χ3v) is 4.04. The van der Waals surface area contributed by atoms with Crippen molar-refractivity contribution < 1.29 is 0 Å². The molecule has 0 fully saturated rings. The van der Waals surface area contributed by atoms with Gasteiger partial charge in [-0.2, -0.15) is 0 Å². The molecule has 0 bridgehead atoms. The first-order chi connectivity index (χ1) is 7.15. The van der Waals surface area contributed by atoms with Crippen LogP contribution in [0.1, 0.15) is 33.6 Å². The van der Waals surface area contributed by atoms with Crippen molar-refractivity contribution in [1.29, 1.82) is 0 Å². The topological polar surface area (TPSA) is 51.8 Å². The van der Waals surface area contributed by atoms with Gasteiger partial charge in [0, 0.05) is 28.9 Å². The van der Waals surface area contributed by atoms with E-state index in [-0.39, 0.29) is 6.04 Å². The molecule has 2 heterocycles. The maximum absolute atomic E-state index is 5.78. The molecule has 1 unspecified atom stereocenters. The zero-order chi connectivity index (χ0) is 10.8. The molecule has 1 atom stereocenters. The molecule has 2 rings (SSSR count). The first-order valence-corrected chi connectivity index (χ1v) is 6.46. The molecule has 0 aliphatic rings. The summed E-state index contributed by atoms with van der Waals surface area (Å²) in [4.78, 5) is 9.90. The van der Waals surface area contributed by atoms with Gasteiger partial charge in [0.15, 0.2) is 0 Å². The number of hydrogen-bond donors (Lipinski definition) is 1. The molecule has 80 valence electrons. The van der Waals surface area contributed by atoms with Crippen LogP contribution >= 0.6 is 22.7 Å². The van der Waals surface area contributed by atoms with E-state index in [1.54, 1.807) is 22.7 Å². The molecule has 0 saturated carbocycles. The first kappa shape index (κ1) is 10.7. The summed E-state index contributed by atoms with van der Waals surface area (Å²) < 4.78 is 0. The van der Waals surface area contributed by atoms with Gasteiger partial charge in [0.25, 0.3) is 0 Å².